The van der Waals surface area contributed by atoms with Crippen LogP contribution in [0.3, 0.4) is 0 Å². The molecule has 3 aromatic rings. The molecular formula is C20H18N2O5. The van der Waals surface area contributed by atoms with Crippen LogP contribution in [-0.4, -0.2) is 31.3 Å². The molecule has 138 valence electrons. The second kappa shape index (κ2) is 8.66. The maximum atomic E-state index is 12.1. The topological polar surface area (TPSA) is 90.1 Å². The van der Waals surface area contributed by atoms with Gasteiger partial charge >= 0.3 is 11.9 Å². The van der Waals surface area contributed by atoms with Gasteiger partial charge in [-0.1, -0.05) is 18.2 Å². The van der Waals surface area contributed by atoms with Gasteiger partial charge in [0.1, 0.15) is 11.3 Å². The molecule has 7 nitrogen and oxygen atoms in total. The van der Waals surface area contributed by atoms with Crippen LogP contribution < -0.4 is 10.2 Å². The summed E-state index contributed by atoms with van der Waals surface area (Å²) < 4.78 is 15.6. The molecule has 0 spiro atoms. The van der Waals surface area contributed by atoms with Crippen LogP contribution in [0.2, 0.25) is 0 Å². The number of nitrogens with zero attached hydrogens (tertiary/aromatic N) is 1. The van der Waals surface area contributed by atoms with Crippen molar-refractivity contribution in [2.24, 2.45) is 5.10 Å². The van der Waals surface area contributed by atoms with Crippen molar-refractivity contribution >= 4 is 29.1 Å². The third-order valence-electron chi connectivity index (χ3n) is 3.57. The number of carbonyl (C=O) groups is 2. The van der Waals surface area contributed by atoms with Crippen LogP contribution in [0.5, 0.6) is 5.75 Å². The lowest BCUT2D eigenvalue weighted by molar-refractivity contribution is -0.145. The quantitative estimate of drug-likeness (QED) is 0.394. The van der Waals surface area contributed by atoms with Crippen molar-refractivity contribution in [2.45, 2.75) is 6.92 Å². The molecule has 1 aromatic heterocycles. The Bertz CT molecular complexity index is 927. The minimum absolute atomic E-state index is 0.144. The van der Waals surface area contributed by atoms with Gasteiger partial charge in [-0.3, -0.25) is 4.79 Å². The predicted molar refractivity (Wildman–Crippen MR) is 99.8 cm³/mol. The largest absolute Gasteiger partial charge is 0.482 e. The second-order valence-corrected chi connectivity index (χ2v) is 5.51. The minimum atomic E-state index is -0.433. The number of nitrogens with one attached hydrogen (secondary N) is 1. The molecule has 0 fully saturated rings. The van der Waals surface area contributed by atoms with E-state index in [0.717, 1.165) is 10.9 Å². The molecule has 0 aliphatic rings. The van der Waals surface area contributed by atoms with Crippen molar-refractivity contribution < 1.29 is 23.5 Å². The van der Waals surface area contributed by atoms with Crippen molar-refractivity contribution in [1.82, 2.24) is 5.43 Å². The Labute approximate surface area is 155 Å². The number of hydrazone groups is 1. The molecule has 7 heteroatoms. The summed E-state index contributed by atoms with van der Waals surface area (Å²) in [6.45, 7) is 1.91. The van der Waals surface area contributed by atoms with E-state index >= 15 is 0 Å². The first-order chi connectivity index (χ1) is 13.2. The molecule has 0 radical (unpaired) electrons. The fourth-order valence-electron chi connectivity index (χ4n) is 2.31. The molecule has 0 saturated heterocycles. The number of rotatable bonds is 7. The molecule has 27 heavy (non-hydrogen) atoms. The van der Waals surface area contributed by atoms with E-state index in [-0.39, 0.29) is 12.4 Å². The number of hydrogen-bond acceptors (Lipinski definition) is 6. The summed E-state index contributed by atoms with van der Waals surface area (Å²) in [5.41, 5.74) is 3.82. The van der Waals surface area contributed by atoms with Crippen LogP contribution in [0.15, 0.2) is 64.1 Å². The van der Waals surface area contributed by atoms with E-state index in [1.54, 1.807) is 43.3 Å². The summed E-state index contributed by atoms with van der Waals surface area (Å²) >= 11 is 0. The zero-order valence-electron chi connectivity index (χ0n) is 14.7. The van der Waals surface area contributed by atoms with Crippen LogP contribution in [-0.2, 0) is 9.53 Å². The molecule has 0 saturated carbocycles. The number of amides is 1. The van der Waals surface area contributed by atoms with Gasteiger partial charge in [-0.05, 0) is 48.9 Å². The monoisotopic (exact) mass is 366 g/mol. The van der Waals surface area contributed by atoms with E-state index in [9.17, 15) is 9.59 Å². The summed E-state index contributed by atoms with van der Waals surface area (Å²) in [7, 11) is 0. The van der Waals surface area contributed by atoms with Gasteiger partial charge in [0.05, 0.1) is 12.8 Å². The highest BCUT2D eigenvalue weighted by Gasteiger charge is 2.10. The molecule has 3 rings (SSSR count). The molecule has 2 aromatic carbocycles. The summed E-state index contributed by atoms with van der Waals surface area (Å²) in [6, 6.07) is 15.9. The van der Waals surface area contributed by atoms with E-state index in [0.29, 0.717) is 17.9 Å². The number of esters is 1. The molecule has 0 atom stereocenters. The number of para-hydroxylation sites is 1. The Morgan fingerprint density at radius 3 is 2.67 bits per heavy atom. The molecule has 1 heterocycles. The van der Waals surface area contributed by atoms with Gasteiger partial charge < -0.3 is 13.9 Å². The number of fused-ring (bicyclic) bond motifs is 1. The van der Waals surface area contributed by atoms with Crippen molar-refractivity contribution in [1.29, 1.82) is 0 Å². The van der Waals surface area contributed by atoms with Crippen LogP contribution in [0.25, 0.3) is 11.0 Å². The maximum absolute atomic E-state index is 12.1. The van der Waals surface area contributed by atoms with Gasteiger partial charge in [0.15, 0.2) is 12.4 Å². The number of benzene rings is 2. The third kappa shape index (κ3) is 4.94. The highest BCUT2D eigenvalue weighted by Crippen LogP contribution is 2.18. The Morgan fingerprint density at radius 1 is 1.15 bits per heavy atom. The number of carbonyl (C=O) groups excluding carboxylic acids is 2. The summed E-state index contributed by atoms with van der Waals surface area (Å²) in [6.07, 6.45) is 1.50. The Kier molecular flexibility index (Phi) is 5.84. The van der Waals surface area contributed by atoms with Crippen molar-refractivity contribution in [3.8, 4) is 5.75 Å². The maximum Gasteiger partial charge on any atom is 0.344 e. The SMILES string of the molecule is CCOC(=O)COc1ccc(C=NNC(=O)c2cc3ccccc3o2)cc1. The van der Waals surface area contributed by atoms with Crippen molar-refractivity contribution in [3.05, 3.63) is 65.9 Å². The average molecular weight is 366 g/mol. The number of furan rings is 1. The Hall–Kier alpha value is -3.61. The van der Waals surface area contributed by atoms with E-state index in [4.69, 9.17) is 13.9 Å². The van der Waals surface area contributed by atoms with Crippen molar-refractivity contribution in [3.63, 3.8) is 0 Å². The highest BCUT2D eigenvalue weighted by molar-refractivity contribution is 5.96. The molecule has 0 aliphatic carbocycles. The fourth-order valence-corrected chi connectivity index (χ4v) is 2.31. The standard InChI is InChI=1S/C20H18N2O5/c1-2-25-19(23)13-26-16-9-7-14(8-10-16)12-21-22-20(24)18-11-15-5-3-4-6-17(15)27-18/h3-12H,2,13H2,1H3,(H,22,24). The van der Waals surface area contributed by atoms with E-state index in [2.05, 4.69) is 10.5 Å². The Morgan fingerprint density at radius 2 is 1.93 bits per heavy atom. The zero-order chi connectivity index (χ0) is 19.1. The highest BCUT2D eigenvalue weighted by atomic mass is 16.6. The van der Waals surface area contributed by atoms with E-state index in [1.807, 2.05) is 18.2 Å². The van der Waals surface area contributed by atoms with Gasteiger partial charge in [0, 0.05) is 5.39 Å². The number of hydrogen-bond donors (Lipinski definition) is 1. The first-order valence-electron chi connectivity index (χ1n) is 8.36. The smallest absolute Gasteiger partial charge is 0.344 e. The average Bonchev–Trinajstić information content (AvgIpc) is 3.12. The summed E-state index contributed by atoms with van der Waals surface area (Å²) in [5.74, 6) is -0.129. The molecule has 0 aliphatic heterocycles. The second-order valence-electron chi connectivity index (χ2n) is 5.51. The van der Waals surface area contributed by atoms with Crippen molar-refractivity contribution in [2.75, 3.05) is 13.2 Å². The molecule has 1 amide bonds. The van der Waals surface area contributed by atoms with Crippen LogP contribution in [0.4, 0.5) is 0 Å². The fraction of sp³-hybridized carbons (Fsp3) is 0.150. The molecule has 0 unspecified atom stereocenters. The third-order valence-corrected chi connectivity index (χ3v) is 3.57. The lowest BCUT2D eigenvalue weighted by Crippen LogP contribution is -2.16. The molecular weight excluding hydrogens is 348 g/mol. The van der Waals surface area contributed by atoms with Gasteiger partial charge in [0.2, 0.25) is 0 Å². The lowest BCUT2D eigenvalue weighted by atomic mass is 10.2. The van der Waals surface area contributed by atoms with Crippen LogP contribution in [0, 0.1) is 0 Å². The first kappa shape index (κ1) is 18.2. The molecule has 0 bridgehead atoms. The Balaban J connectivity index is 1.53. The minimum Gasteiger partial charge on any atom is -0.482 e. The van der Waals surface area contributed by atoms with Crippen LogP contribution >= 0.6 is 0 Å². The lowest BCUT2D eigenvalue weighted by Gasteiger charge is -2.05. The van der Waals surface area contributed by atoms with Gasteiger partial charge in [-0.15, -0.1) is 0 Å². The summed E-state index contributed by atoms with van der Waals surface area (Å²) in [5, 5.41) is 4.77. The summed E-state index contributed by atoms with van der Waals surface area (Å²) in [4.78, 5) is 23.3. The van der Waals surface area contributed by atoms with Gasteiger partial charge in [0.25, 0.3) is 0 Å². The van der Waals surface area contributed by atoms with Crippen LogP contribution in [0.1, 0.15) is 23.0 Å². The van der Waals surface area contributed by atoms with E-state index in [1.165, 1.54) is 6.21 Å². The zero-order valence-corrected chi connectivity index (χ0v) is 14.7. The number of ether oxygens (including phenoxy) is 2. The molecule has 1 N–H and O–H groups in total. The predicted octanol–water partition coefficient (Wildman–Crippen LogP) is 3.14. The van der Waals surface area contributed by atoms with Gasteiger partial charge in [-0.2, -0.15) is 5.10 Å². The van der Waals surface area contributed by atoms with Gasteiger partial charge in [-0.25, -0.2) is 10.2 Å². The normalized spacial score (nSPS) is 10.9. The first-order valence-corrected chi connectivity index (χ1v) is 8.36. The van der Waals surface area contributed by atoms with E-state index < -0.39 is 11.9 Å².